The lowest BCUT2D eigenvalue weighted by Gasteiger charge is -2.37. The third-order valence-electron chi connectivity index (χ3n) is 9.52. The van der Waals surface area contributed by atoms with Gasteiger partial charge < -0.3 is 15.0 Å². The molecular weight excluding hydrogens is 462 g/mol. The van der Waals surface area contributed by atoms with E-state index in [1.807, 2.05) is 18.2 Å². The number of aromatic nitrogens is 1. The third kappa shape index (κ3) is 4.87. The topological polar surface area (TPSA) is 71.5 Å². The largest absolute Gasteiger partial charge is 0.481 e. The first-order valence-electron chi connectivity index (χ1n) is 14.2. The van der Waals surface area contributed by atoms with Crippen molar-refractivity contribution in [2.45, 2.75) is 83.1 Å². The number of hydrogen-bond donors (Lipinski definition) is 1. The average molecular weight is 502 g/mol. The van der Waals surface area contributed by atoms with Crippen molar-refractivity contribution in [3.05, 3.63) is 42.6 Å². The van der Waals surface area contributed by atoms with E-state index in [1.54, 1.807) is 13.3 Å². The SMILES string of the molecule is COc1cc(-c2cccc(N(CC34CCC(C(=O)NC5CC5)(CC3)C4)C(=O)C3CCCCC3)c2)ccn1. The Morgan fingerprint density at radius 3 is 2.49 bits per heavy atom. The highest BCUT2D eigenvalue weighted by Gasteiger charge is 2.59. The van der Waals surface area contributed by atoms with Crippen LogP contribution in [0.4, 0.5) is 5.69 Å². The van der Waals surface area contributed by atoms with Gasteiger partial charge in [0.1, 0.15) is 0 Å². The molecule has 1 heterocycles. The Hall–Kier alpha value is -2.89. The van der Waals surface area contributed by atoms with E-state index in [2.05, 4.69) is 33.4 Å². The molecule has 1 aromatic heterocycles. The van der Waals surface area contributed by atoms with Gasteiger partial charge in [0.05, 0.1) is 7.11 Å². The predicted octanol–water partition coefficient (Wildman–Crippen LogP) is 5.90. The summed E-state index contributed by atoms with van der Waals surface area (Å²) in [5, 5.41) is 3.29. The Morgan fingerprint density at radius 1 is 1.00 bits per heavy atom. The van der Waals surface area contributed by atoms with E-state index < -0.39 is 0 Å². The summed E-state index contributed by atoms with van der Waals surface area (Å²) in [5.41, 5.74) is 2.84. The number of carbonyl (C=O) groups is 2. The Kier molecular flexibility index (Phi) is 6.46. The van der Waals surface area contributed by atoms with Gasteiger partial charge in [-0.3, -0.25) is 9.59 Å². The van der Waals surface area contributed by atoms with Crippen molar-refractivity contribution in [1.82, 2.24) is 10.3 Å². The predicted molar refractivity (Wildman–Crippen MR) is 144 cm³/mol. The standard InChI is InChI=1S/C31H39N3O3/c1-37-27-19-24(12-17-32-27)23-8-5-9-26(18-23)34(28(35)22-6-3-2-4-7-22)21-30-13-15-31(20-30,16-14-30)29(36)33-25-10-11-25/h5,8-9,12,17-19,22,25H,2-4,6-7,10-11,13-16,20-21H2,1H3,(H,33,36). The number of nitrogens with zero attached hydrogens (tertiary/aromatic N) is 2. The van der Waals surface area contributed by atoms with Crippen LogP contribution in [-0.2, 0) is 9.59 Å². The van der Waals surface area contributed by atoms with Gasteiger partial charge in [0.25, 0.3) is 0 Å². The number of amides is 2. The fraction of sp³-hybridized carbons (Fsp3) is 0.581. The normalized spacial score (nSPS) is 27.2. The van der Waals surface area contributed by atoms with Crippen LogP contribution in [0.3, 0.4) is 0 Å². The van der Waals surface area contributed by atoms with Crippen LogP contribution in [-0.4, -0.2) is 36.5 Å². The van der Waals surface area contributed by atoms with Crippen LogP contribution < -0.4 is 15.0 Å². The summed E-state index contributed by atoms with van der Waals surface area (Å²) < 4.78 is 5.34. The minimum Gasteiger partial charge on any atom is -0.481 e. The molecule has 0 radical (unpaired) electrons. The first-order valence-corrected chi connectivity index (χ1v) is 14.2. The van der Waals surface area contributed by atoms with E-state index in [1.165, 1.54) is 6.42 Å². The molecule has 2 amide bonds. The lowest BCUT2D eigenvalue weighted by atomic mass is 9.80. The quantitative estimate of drug-likeness (QED) is 0.489. The van der Waals surface area contributed by atoms with E-state index in [4.69, 9.17) is 4.74 Å². The molecule has 4 aliphatic rings. The molecule has 0 unspecified atom stereocenters. The van der Waals surface area contributed by atoms with Crippen molar-refractivity contribution < 1.29 is 14.3 Å². The summed E-state index contributed by atoms with van der Waals surface area (Å²) in [6.45, 7) is 0.712. The van der Waals surface area contributed by atoms with E-state index in [0.29, 0.717) is 18.5 Å². The molecule has 196 valence electrons. The molecular formula is C31H39N3O3. The number of fused-ring (bicyclic) bond motifs is 2. The van der Waals surface area contributed by atoms with Crippen LogP contribution in [0, 0.1) is 16.7 Å². The van der Waals surface area contributed by atoms with Gasteiger partial charge in [0, 0.05) is 41.9 Å². The van der Waals surface area contributed by atoms with E-state index >= 15 is 0 Å². The first-order chi connectivity index (χ1) is 18.0. The molecule has 6 heteroatoms. The fourth-order valence-electron chi connectivity index (χ4n) is 7.17. The minimum absolute atomic E-state index is 0.0289. The number of pyridine rings is 1. The maximum absolute atomic E-state index is 14.1. The molecule has 2 bridgehead atoms. The van der Waals surface area contributed by atoms with Crippen LogP contribution in [0.5, 0.6) is 5.88 Å². The first kappa shape index (κ1) is 24.4. The summed E-state index contributed by atoms with van der Waals surface area (Å²) in [6, 6.07) is 12.7. The third-order valence-corrected chi connectivity index (χ3v) is 9.52. The van der Waals surface area contributed by atoms with Crippen molar-refractivity contribution >= 4 is 17.5 Å². The number of hydrogen-bond acceptors (Lipinski definition) is 4. The van der Waals surface area contributed by atoms with Gasteiger partial charge >= 0.3 is 0 Å². The molecule has 0 aliphatic heterocycles. The van der Waals surface area contributed by atoms with E-state index in [9.17, 15) is 9.59 Å². The number of methoxy groups -OCH3 is 1. The molecule has 4 aliphatic carbocycles. The Morgan fingerprint density at radius 2 is 1.76 bits per heavy atom. The second-order valence-corrected chi connectivity index (χ2v) is 12.1. The van der Waals surface area contributed by atoms with Crippen LogP contribution >= 0.6 is 0 Å². The maximum atomic E-state index is 14.1. The molecule has 1 aromatic carbocycles. The maximum Gasteiger partial charge on any atom is 0.230 e. The summed E-state index contributed by atoms with van der Waals surface area (Å²) >= 11 is 0. The average Bonchev–Trinajstić information content (AvgIpc) is 3.58. The second-order valence-electron chi connectivity index (χ2n) is 12.1. The van der Waals surface area contributed by atoms with Crippen LogP contribution in [0.25, 0.3) is 11.1 Å². The van der Waals surface area contributed by atoms with Crippen molar-refractivity contribution in [3.8, 4) is 17.0 Å². The lowest BCUT2D eigenvalue weighted by molar-refractivity contribution is -0.130. The number of anilines is 1. The van der Waals surface area contributed by atoms with Gasteiger partial charge in [0.15, 0.2) is 0 Å². The van der Waals surface area contributed by atoms with Crippen LogP contribution in [0.15, 0.2) is 42.6 Å². The van der Waals surface area contributed by atoms with Gasteiger partial charge in [0.2, 0.25) is 17.7 Å². The molecule has 4 saturated carbocycles. The molecule has 4 fully saturated rings. The van der Waals surface area contributed by atoms with E-state index in [-0.39, 0.29) is 28.6 Å². The zero-order valence-corrected chi connectivity index (χ0v) is 22.0. The lowest BCUT2D eigenvalue weighted by Crippen LogP contribution is -2.43. The van der Waals surface area contributed by atoms with Gasteiger partial charge in [-0.1, -0.05) is 31.4 Å². The van der Waals surface area contributed by atoms with Gasteiger partial charge in [-0.2, -0.15) is 0 Å². The fourth-order valence-corrected chi connectivity index (χ4v) is 7.17. The molecule has 0 spiro atoms. The number of rotatable bonds is 8. The molecule has 6 nitrogen and oxygen atoms in total. The highest BCUT2D eigenvalue weighted by Crippen LogP contribution is 2.62. The van der Waals surface area contributed by atoms with Gasteiger partial charge in [-0.05, 0) is 92.5 Å². The van der Waals surface area contributed by atoms with Gasteiger partial charge in [-0.25, -0.2) is 4.98 Å². The minimum atomic E-state index is -0.225. The van der Waals surface area contributed by atoms with Crippen LogP contribution in [0.2, 0.25) is 0 Å². The second kappa shape index (κ2) is 9.77. The Balaban J connectivity index is 1.29. The monoisotopic (exact) mass is 501 g/mol. The highest BCUT2D eigenvalue weighted by molar-refractivity contribution is 5.96. The van der Waals surface area contributed by atoms with Crippen molar-refractivity contribution in [2.24, 2.45) is 16.7 Å². The summed E-state index contributed by atoms with van der Waals surface area (Å²) in [6.07, 6.45) is 14.3. The number of nitrogens with one attached hydrogen (secondary N) is 1. The molecule has 1 N–H and O–H groups in total. The number of ether oxygens (including phenoxy) is 1. The molecule has 0 saturated heterocycles. The van der Waals surface area contributed by atoms with Gasteiger partial charge in [-0.15, -0.1) is 0 Å². The summed E-state index contributed by atoms with van der Waals surface area (Å²) in [4.78, 5) is 33.6. The molecule has 6 rings (SSSR count). The molecule has 0 atom stereocenters. The highest BCUT2D eigenvalue weighted by atomic mass is 16.5. The van der Waals surface area contributed by atoms with Crippen molar-refractivity contribution in [3.63, 3.8) is 0 Å². The molecule has 2 aromatic rings. The van der Waals surface area contributed by atoms with E-state index in [0.717, 1.165) is 87.4 Å². The smallest absolute Gasteiger partial charge is 0.230 e. The Labute approximate surface area is 220 Å². The number of benzene rings is 1. The van der Waals surface area contributed by atoms with Crippen molar-refractivity contribution in [1.29, 1.82) is 0 Å². The summed E-state index contributed by atoms with van der Waals surface area (Å²) in [5.74, 6) is 1.22. The zero-order valence-electron chi connectivity index (χ0n) is 22.0. The number of carbonyl (C=O) groups excluding carboxylic acids is 2. The molecule has 37 heavy (non-hydrogen) atoms. The Bertz CT molecular complexity index is 1160. The zero-order chi connectivity index (χ0) is 25.5. The summed E-state index contributed by atoms with van der Waals surface area (Å²) in [7, 11) is 1.63. The van der Waals surface area contributed by atoms with Crippen LogP contribution in [0.1, 0.15) is 77.0 Å². The van der Waals surface area contributed by atoms with Crippen molar-refractivity contribution in [2.75, 3.05) is 18.6 Å².